The Morgan fingerprint density at radius 2 is 0.895 bits per heavy atom. The second kappa shape index (κ2) is 35.3. The number of carbonyl (C=O) groups excluding carboxylic acids is 2. The largest absolute Gasteiger partial charge is 1.00 e. The SMILES string of the molecule is CCCCCCCCCCCCSCCCCCCCCC(=O)NCCCCCCCCCCC(=O)[O-].[Na+]. The predicted octanol–water partition coefficient (Wildman–Crippen LogP) is 5.75. The minimum absolute atomic E-state index is 0. The van der Waals surface area contributed by atoms with Gasteiger partial charge in [0.1, 0.15) is 0 Å². The van der Waals surface area contributed by atoms with E-state index < -0.39 is 5.97 Å². The van der Waals surface area contributed by atoms with E-state index in [1.807, 2.05) is 0 Å². The molecule has 6 heteroatoms. The summed E-state index contributed by atoms with van der Waals surface area (Å²) in [6.45, 7) is 3.09. The topological polar surface area (TPSA) is 69.2 Å². The van der Waals surface area contributed by atoms with E-state index in [1.165, 1.54) is 127 Å². The zero-order valence-electron chi connectivity index (χ0n) is 25.6. The minimum Gasteiger partial charge on any atom is -0.550 e. The molecule has 0 bridgehead atoms. The van der Waals surface area contributed by atoms with Crippen molar-refractivity contribution in [2.24, 2.45) is 0 Å². The number of carbonyl (C=O) groups is 2. The van der Waals surface area contributed by atoms with Crippen molar-refractivity contribution in [1.29, 1.82) is 0 Å². The van der Waals surface area contributed by atoms with Crippen LogP contribution in [0.25, 0.3) is 0 Å². The zero-order valence-corrected chi connectivity index (χ0v) is 28.5. The van der Waals surface area contributed by atoms with Gasteiger partial charge in [-0.1, -0.05) is 129 Å². The first kappa shape index (κ1) is 40.4. The fourth-order valence-electron chi connectivity index (χ4n) is 4.76. The van der Waals surface area contributed by atoms with E-state index in [1.54, 1.807) is 0 Å². The summed E-state index contributed by atoms with van der Waals surface area (Å²) in [5, 5.41) is 13.4. The van der Waals surface area contributed by atoms with Gasteiger partial charge < -0.3 is 15.2 Å². The molecule has 0 heterocycles. The normalized spacial score (nSPS) is 10.9. The molecule has 0 aromatic carbocycles. The molecule has 0 aromatic heterocycles. The summed E-state index contributed by atoms with van der Waals surface area (Å²) in [7, 11) is 0. The first-order chi connectivity index (χ1) is 18.2. The van der Waals surface area contributed by atoms with Crippen molar-refractivity contribution in [3.05, 3.63) is 0 Å². The van der Waals surface area contributed by atoms with Crippen molar-refractivity contribution < 1.29 is 44.3 Å². The Labute approximate surface area is 263 Å². The van der Waals surface area contributed by atoms with Crippen LogP contribution in [-0.4, -0.2) is 29.9 Å². The van der Waals surface area contributed by atoms with Gasteiger partial charge >= 0.3 is 29.6 Å². The fourth-order valence-corrected chi connectivity index (χ4v) is 5.78. The van der Waals surface area contributed by atoms with Crippen LogP contribution in [0.3, 0.4) is 0 Å². The average Bonchev–Trinajstić information content (AvgIpc) is 2.88. The van der Waals surface area contributed by atoms with Crippen LogP contribution < -0.4 is 40.0 Å². The van der Waals surface area contributed by atoms with Crippen molar-refractivity contribution >= 4 is 23.6 Å². The van der Waals surface area contributed by atoms with Crippen LogP contribution in [0.4, 0.5) is 0 Å². The number of amides is 1. The van der Waals surface area contributed by atoms with Gasteiger partial charge in [-0.15, -0.1) is 0 Å². The van der Waals surface area contributed by atoms with Crippen LogP contribution in [0.1, 0.15) is 174 Å². The first-order valence-electron chi connectivity index (χ1n) is 16.2. The van der Waals surface area contributed by atoms with E-state index in [0.29, 0.717) is 6.42 Å². The Bertz CT molecular complexity index is 493. The number of carboxylic acid groups (broad SMARTS) is 1. The van der Waals surface area contributed by atoms with Gasteiger partial charge in [0.05, 0.1) is 0 Å². The van der Waals surface area contributed by atoms with E-state index in [0.717, 1.165) is 45.1 Å². The summed E-state index contributed by atoms with van der Waals surface area (Å²) in [6, 6.07) is 0. The van der Waals surface area contributed by atoms with Crippen LogP contribution in [-0.2, 0) is 9.59 Å². The van der Waals surface area contributed by atoms with Gasteiger partial charge in [-0.2, -0.15) is 11.8 Å². The van der Waals surface area contributed by atoms with E-state index in [9.17, 15) is 14.7 Å². The van der Waals surface area contributed by atoms with Gasteiger partial charge in [-0.05, 0) is 50.0 Å². The molecule has 0 aliphatic heterocycles. The van der Waals surface area contributed by atoms with Gasteiger partial charge in [0.2, 0.25) is 5.91 Å². The van der Waals surface area contributed by atoms with Gasteiger partial charge in [0.15, 0.2) is 0 Å². The molecule has 0 radical (unpaired) electrons. The summed E-state index contributed by atoms with van der Waals surface area (Å²) in [5.41, 5.74) is 0. The molecule has 38 heavy (non-hydrogen) atoms. The molecule has 0 saturated carbocycles. The third kappa shape index (κ3) is 36.3. The number of thioether (sulfide) groups is 1. The Hall–Kier alpha value is 0.290. The molecule has 220 valence electrons. The molecule has 0 saturated heterocycles. The third-order valence-corrected chi connectivity index (χ3v) is 8.37. The fraction of sp³-hybridized carbons (Fsp3) is 0.938. The number of hydrogen-bond acceptors (Lipinski definition) is 4. The maximum atomic E-state index is 11.9. The maximum absolute atomic E-state index is 11.9. The molecule has 1 amide bonds. The molecule has 0 rings (SSSR count). The van der Waals surface area contributed by atoms with Crippen LogP contribution in [0.5, 0.6) is 0 Å². The maximum Gasteiger partial charge on any atom is 1.00 e. The number of aliphatic carboxylic acids is 1. The van der Waals surface area contributed by atoms with Gasteiger partial charge in [0.25, 0.3) is 0 Å². The van der Waals surface area contributed by atoms with Crippen LogP contribution >= 0.6 is 11.8 Å². The Kier molecular flexibility index (Phi) is 37.6. The average molecular weight is 564 g/mol. The van der Waals surface area contributed by atoms with Crippen molar-refractivity contribution in [2.45, 2.75) is 174 Å². The number of nitrogens with one attached hydrogen (secondary N) is 1. The summed E-state index contributed by atoms with van der Waals surface area (Å²) in [6.07, 6.45) is 31.3. The zero-order chi connectivity index (χ0) is 27.1. The van der Waals surface area contributed by atoms with Gasteiger partial charge in [-0.3, -0.25) is 4.79 Å². The molecule has 0 fully saturated rings. The summed E-state index contributed by atoms with van der Waals surface area (Å²) in [5.74, 6) is 1.96. The first-order valence-corrected chi connectivity index (χ1v) is 17.4. The number of rotatable bonds is 31. The Morgan fingerprint density at radius 1 is 0.526 bits per heavy atom. The van der Waals surface area contributed by atoms with Crippen molar-refractivity contribution in [2.75, 3.05) is 18.1 Å². The Morgan fingerprint density at radius 3 is 1.34 bits per heavy atom. The molecule has 0 spiro atoms. The van der Waals surface area contributed by atoms with E-state index in [-0.39, 0.29) is 41.9 Å². The van der Waals surface area contributed by atoms with Crippen molar-refractivity contribution in [3.63, 3.8) is 0 Å². The van der Waals surface area contributed by atoms with Crippen LogP contribution in [0.15, 0.2) is 0 Å². The van der Waals surface area contributed by atoms with E-state index in [2.05, 4.69) is 24.0 Å². The van der Waals surface area contributed by atoms with Crippen LogP contribution in [0.2, 0.25) is 0 Å². The van der Waals surface area contributed by atoms with Crippen LogP contribution in [0, 0.1) is 0 Å². The summed E-state index contributed by atoms with van der Waals surface area (Å²) >= 11 is 2.15. The Balaban J connectivity index is 0. The molecule has 1 N–H and O–H groups in total. The standard InChI is InChI=1S/C32H63NO3S.Na/c1-2-3-4-5-6-7-10-14-19-24-29-37-30-25-20-15-12-16-21-26-31(34)33-28-23-18-13-9-8-11-17-22-27-32(35)36;/h2-30H2,1H3,(H,33,34)(H,35,36);/q;+1/p-1. The van der Waals surface area contributed by atoms with Gasteiger partial charge in [0, 0.05) is 18.9 Å². The van der Waals surface area contributed by atoms with E-state index in [4.69, 9.17) is 0 Å². The monoisotopic (exact) mass is 563 g/mol. The van der Waals surface area contributed by atoms with Crippen molar-refractivity contribution in [1.82, 2.24) is 5.32 Å². The second-order valence-electron chi connectivity index (χ2n) is 11.0. The molecule has 4 nitrogen and oxygen atoms in total. The summed E-state index contributed by atoms with van der Waals surface area (Å²) < 4.78 is 0. The quantitative estimate of drug-likeness (QED) is 0.0861. The second-order valence-corrected chi connectivity index (χ2v) is 12.2. The molecule has 0 atom stereocenters. The molecule has 0 aliphatic carbocycles. The van der Waals surface area contributed by atoms with E-state index >= 15 is 0 Å². The number of unbranched alkanes of at least 4 members (excludes halogenated alkanes) is 21. The predicted molar refractivity (Wildman–Crippen MR) is 161 cm³/mol. The molecule has 0 aromatic rings. The minimum atomic E-state index is -0.934. The third-order valence-electron chi connectivity index (χ3n) is 7.21. The number of hydrogen-bond donors (Lipinski definition) is 1. The summed E-state index contributed by atoms with van der Waals surface area (Å²) in [4.78, 5) is 22.3. The molecule has 0 unspecified atom stereocenters. The van der Waals surface area contributed by atoms with Gasteiger partial charge in [-0.25, -0.2) is 0 Å². The number of carboxylic acids is 1. The molecular formula is C32H62NNaO3S. The molecular weight excluding hydrogens is 501 g/mol. The van der Waals surface area contributed by atoms with Crippen molar-refractivity contribution in [3.8, 4) is 0 Å². The smallest absolute Gasteiger partial charge is 0.550 e. The molecule has 0 aliphatic rings.